The molecule has 0 spiro atoms. The Hall–Kier alpha value is -1.81. The molecule has 0 aliphatic rings. The van der Waals surface area contributed by atoms with Crippen LogP contribution in [0.4, 0.5) is 0 Å². The number of imidazole rings is 1. The standard InChI is InChI=1S/C16H23N3O/c1-13(11-20-16-7-5-4-6-8-16)17-9-10-19-12-18-14(2)15(19)3/h4-8,12-13,17H,9-11H2,1-3H3/t13-/m1/s1. The van der Waals surface area contributed by atoms with Crippen LogP contribution in [-0.2, 0) is 6.54 Å². The summed E-state index contributed by atoms with van der Waals surface area (Å²) < 4.78 is 7.89. The van der Waals surface area contributed by atoms with Crippen molar-refractivity contribution in [2.75, 3.05) is 13.2 Å². The third kappa shape index (κ3) is 4.10. The van der Waals surface area contributed by atoms with Crippen LogP contribution < -0.4 is 10.1 Å². The molecule has 0 radical (unpaired) electrons. The minimum atomic E-state index is 0.320. The highest BCUT2D eigenvalue weighted by Gasteiger charge is 2.04. The summed E-state index contributed by atoms with van der Waals surface area (Å²) in [6, 6.07) is 10.2. The van der Waals surface area contributed by atoms with Gasteiger partial charge in [-0.3, -0.25) is 0 Å². The van der Waals surface area contributed by atoms with Crippen LogP contribution in [0.25, 0.3) is 0 Å². The first-order valence-electron chi connectivity index (χ1n) is 7.06. The molecule has 2 aromatic rings. The van der Waals surface area contributed by atoms with E-state index in [0.29, 0.717) is 12.6 Å². The van der Waals surface area contributed by atoms with E-state index >= 15 is 0 Å². The van der Waals surface area contributed by atoms with E-state index in [1.54, 1.807) is 0 Å². The van der Waals surface area contributed by atoms with Crippen LogP contribution in [0.2, 0.25) is 0 Å². The molecule has 20 heavy (non-hydrogen) atoms. The first-order chi connectivity index (χ1) is 9.66. The van der Waals surface area contributed by atoms with E-state index in [2.05, 4.69) is 28.7 Å². The zero-order valence-corrected chi connectivity index (χ0v) is 12.5. The molecule has 0 aliphatic carbocycles. The van der Waals surface area contributed by atoms with Gasteiger partial charge in [0.1, 0.15) is 12.4 Å². The number of nitrogens with zero attached hydrogens (tertiary/aromatic N) is 2. The molecule has 1 N–H and O–H groups in total. The van der Waals surface area contributed by atoms with E-state index in [9.17, 15) is 0 Å². The highest BCUT2D eigenvalue weighted by Crippen LogP contribution is 2.08. The Balaban J connectivity index is 1.68. The van der Waals surface area contributed by atoms with Crippen molar-refractivity contribution in [3.63, 3.8) is 0 Å². The Kier molecular flexibility index (Phi) is 5.18. The highest BCUT2D eigenvalue weighted by molar-refractivity contribution is 5.20. The topological polar surface area (TPSA) is 39.1 Å². The van der Waals surface area contributed by atoms with Gasteiger partial charge in [-0.2, -0.15) is 0 Å². The van der Waals surface area contributed by atoms with Gasteiger partial charge in [0.15, 0.2) is 0 Å². The molecule has 0 saturated heterocycles. The van der Waals surface area contributed by atoms with Crippen LogP contribution in [0.1, 0.15) is 18.3 Å². The predicted molar refractivity (Wildman–Crippen MR) is 81.1 cm³/mol. The van der Waals surface area contributed by atoms with Gasteiger partial charge in [-0.25, -0.2) is 4.98 Å². The molecule has 0 unspecified atom stereocenters. The van der Waals surface area contributed by atoms with Crippen LogP contribution in [0.3, 0.4) is 0 Å². The quantitative estimate of drug-likeness (QED) is 0.842. The molecule has 4 nitrogen and oxygen atoms in total. The molecule has 1 aromatic carbocycles. The van der Waals surface area contributed by atoms with Gasteiger partial charge < -0.3 is 14.6 Å². The molecule has 1 aromatic heterocycles. The second kappa shape index (κ2) is 7.10. The maximum Gasteiger partial charge on any atom is 0.119 e. The Morgan fingerprint density at radius 3 is 2.65 bits per heavy atom. The summed E-state index contributed by atoms with van der Waals surface area (Å²) in [5.74, 6) is 0.919. The summed E-state index contributed by atoms with van der Waals surface area (Å²) in [7, 11) is 0. The maximum absolute atomic E-state index is 5.72. The number of ether oxygens (including phenoxy) is 1. The second-order valence-electron chi connectivity index (χ2n) is 5.09. The maximum atomic E-state index is 5.72. The number of rotatable bonds is 7. The normalized spacial score (nSPS) is 12.3. The summed E-state index contributed by atoms with van der Waals surface area (Å²) >= 11 is 0. The zero-order chi connectivity index (χ0) is 14.4. The van der Waals surface area contributed by atoms with Gasteiger partial charge in [0.25, 0.3) is 0 Å². The lowest BCUT2D eigenvalue weighted by molar-refractivity contribution is 0.272. The second-order valence-corrected chi connectivity index (χ2v) is 5.09. The fraction of sp³-hybridized carbons (Fsp3) is 0.438. The SMILES string of the molecule is Cc1ncn(CCN[C@H](C)COc2ccccc2)c1C. The lowest BCUT2D eigenvalue weighted by atomic mass is 10.3. The molecule has 4 heteroatoms. The molecule has 2 rings (SSSR count). The Bertz CT molecular complexity index is 522. The van der Waals surface area contributed by atoms with Crippen LogP contribution in [0, 0.1) is 13.8 Å². The van der Waals surface area contributed by atoms with E-state index < -0.39 is 0 Å². The summed E-state index contributed by atoms with van der Waals surface area (Å²) in [4.78, 5) is 4.30. The van der Waals surface area contributed by atoms with Crippen molar-refractivity contribution < 1.29 is 4.74 Å². The van der Waals surface area contributed by atoms with E-state index in [-0.39, 0.29) is 0 Å². The van der Waals surface area contributed by atoms with Gasteiger partial charge in [0.05, 0.1) is 12.0 Å². The number of hydrogen-bond acceptors (Lipinski definition) is 3. The number of para-hydroxylation sites is 1. The lowest BCUT2D eigenvalue weighted by Gasteiger charge is -2.15. The third-order valence-electron chi connectivity index (χ3n) is 3.43. The van der Waals surface area contributed by atoms with Gasteiger partial charge in [0.2, 0.25) is 0 Å². The van der Waals surface area contributed by atoms with Crippen molar-refractivity contribution in [1.29, 1.82) is 0 Å². The van der Waals surface area contributed by atoms with E-state index in [1.165, 1.54) is 5.69 Å². The minimum Gasteiger partial charge on any atom is -0.492 e. The monoisotopic (exact) mass is 273 g/mol. The van der Waals surface area contributed by atoms with E-state index in [4.69, 9.17) is 4.74 Å². The molecule has 108 valence electrons. The summed E-state index contributed by atoms with van der Waals surface area (Å²) in [5, 5.41) is 3.46. The van der Waals surface area contributed by atoms with Gasteiger partial charge in [0, 0.05) is 24.8 Å². The Labute approximate surface area is 120 Å². The minimum absolute atomic E-state index is 0.320. The first-order valence-corrected chi connectivity index (χ1v) is 7.06. The molecule has 1 atom stereocenters. The van der Waals surface area contributed by atoms with Crippen molar-refractivity contribution in [1.82, 2.24) is 14.9 Å². The van der Waals surface area contributed by atoms with Crippen molar-refractivity contribution in [2.45, 2.75) is 33.4 Å². The summed E-state index contributed by atoms with van der Waals surface area (Å²) in [6.45, 7) is 8.79. The van der Waals surface area contributed by atoms with Crippen LogP contribution in [0.5, 0.6) is 5.75 Å². The Morgan fingerprint density at radius 1 is 1.25 bits per heavy atom. The Morgan fingerprint density at radius 2 is 2.00 bits per heavy atom. The highest BCUT2D eigenvalue weighted by atomic mass is 16.5. The number of hydrogen-bond donors (Lipinski definition) is 1. The number of benzene rings is 1. The number of nitrogens with one attached hydrogen (secondary N) is 1. The van der Waals surface area contributed by atoms with Crippen molar-refractivity contribution in [3.05, 3.63) is 48.0 Å². The third-order valence-corrected chi connectivity index (χ3v) is 3.43. The largest absolute Gasteiger partial charge is 0.492 e. The summed E-state index contributed by atoms with van der Waals surface area (Å²) in [5.41, 5.74) is 2.34. The fourth-order valence-corrected chi connectivity index (χ4v) is 2.00. The van der Waals surface area contributed by atoms with Crippen molar-refractivity contribution in [2.24, 2.45) is 0 Å². The van der Waals surface area contributed by atoms with Gasteiger partial charge in [-0.05, 0) is 32.9 Å². The fourth-order valence-electron chi connectivity index (χ4n) is 2.00. The smallest absolute Gasteiger partial charge is 0.119 e. The molecular weight excluding hydrogens is 250 g/mol. The number of aromatic nitrogens is 2. The predicted octanol–water partition coefficient (Wildman–Crippen LogP) is 2.56. The lowest BCUT2D eigenvalue weighted by Crippen LogP contribution is -2.34. The molecular formula is C16H23N3O. The van der Waals surface area contributed by atoms with Crippen LogP contribution in [0.15, 0.2) is 36.7 Å². The molecule has 0 fully saturated rings. The van der Waals surface area contributed by atoms with Gasteiger partial charge in [-0.15, -0.1) is 0 Å². The van der Waals surface area contributed by atoms with Crippen molar-refractivity contribution in [3.8, 4) is 5.75 Å². The average molecular weight is 273 g/mol. The number of aryl methyl sites for hydroxylation is 1. The van der Waals surface area contributed by atoms with Gasteiger partial charge in [-0.1, -0.05) is 18.2 Å². The van der Waals surface area contributed by atoms with Gasteiger partial charge >= 0.3 is 0 Å². The molecule has 1 heterocycles. The molecule has 0 saturated carbocycles. The summed E-state index contributed by atoms with van der Waals surface area (Å²) in [6.07, 6.45) is 1.90. The van der Waals surface area contributed by atoms with Crippen LogP contribution >= 0.6 is 0 Å². The van der Waals surface area contributed by atoms with Crippen LogP contribution in [-0.4, -0.2) is 28.7 Å². The van der Waals surface area contributed by atoms with E-state index in [0.717, 1.165) is 24.5 Å². The van der Waals surface area contributed by atoms with Crippen molar-refractivity contribution >= 4 is 0 Å². The molecule has 0 aliphatic heterocycles. The average Bonchev–Trinajstić information content (AvgIpc) is 2.78. The van der Waals surface area contributed by atoms with E-state index in [1.807, 2.05) is 43.6 Å². The molecule has 0 bridgehead atoms. The first kappa shape index (κ1) is 14.6. The zero-order valence-electron chi connectivity index (χ0n) is 12.5. The molecule has 0 amide bonds.